The van der Waals surface area contributed by atoms with Crippen LogP contribution in [0, 0.1) is 11.3 Å². The average molecular weight is 294 g/mol. The van der Waals surface area contributed by atoms with Crippen LogP contribution in [0.3, 0.4) is 0 Å². The summed E-state index contributed by atoms with van der Waals surface area (Å²) >= 11 is 0. The summed E-state index contributed by atoms with van der Waals surface area (Å²) < 4.78 is 4.70. The van der Waals surface area contributed by atoms with E-state index in [-0.39, 0.29) is 12.4 Å². The minimum Gasteiger partial charge on any atom is -0.469 e. The van der Waals surface area contributed by atoms with E-state index in [0.29, 0.717) is 6.42 Å². The van der Waals surface area contributed by atoms with Gasteiger partial charge >= 0.3 is 5.97 Å². The number of ether oxygens (including phenoxy) is 1. The first-order chi connectivity index (χ1) is 10.7. The van der Waals surface area contributed by atoms with Gasteiger partial charge in [0.1, 0.15) is 0 Å². The molecule has 2 aromatic carbocycles. The molecule has 2 rings (SSSR count). The van der Waals surface area contributed by atoms with Crippen LogP contribution in [0.25, 0.3) is 0 Å². The average Bonchev–Trinajstić information content (AvgIpc) is 2.60. The Labute approximate surface area is 130 Å². The number of nitrogens with zero attached hydrogens (tertiary/aromatic N) is 1. The SMILES string of the molecule is COC(=O)CCC(C#N)(Nc1ccccc1)c1ccccc1. The molecule has 0 heterocycles. The Kier molecular flexibility index (Phi) is 5.16. The Hall–Kier alpha value is -2.80. The number of hydrogen-bond acceptors (Lipinski definition) is 4. The lowest BCUT2D eigenvalue weighted by Crippen LogP contribution is -2.34. The van der Waals surface area contributed by atoms with Crippen LogP contribution < -0.4 is 5.32 Å². The van der Waals surface area contributed by atoms with Gasteiger partial charge in [-0.15, -0.1) is 0 Å². The zero-order chi connectivity index (χ0) is 15.8. The zero-order valence-electron chi connectivity index (χ0n) is 12.5. The van der Waals surface area contributed by atoms with Crippen molar-refractivity contribution in [1.82, 2.24) is 0 Å². The van der Waals surface area contributed by atoms with Gasteiger partial charge in [-0.3, -0.25) is 4.79 Å². The highest BCUT2D eigenvalue weighted by Crippen LogP contribution is 2.30. The molecular formula is C18H18N2O2. The van der Waals surface area contributed by atoms with Gasteiger partial charge in [-0.05, 0) is 24.1 Å². The predicted molar refractivity (Wildman–Crippen MR) is 85.0 cm³/mol. The number of carbonyl (C=O) groups is 1. The van der Waals surface area contributed by atoms with E-state index in [1.165, 1.54) is 7.11 Å². The first-order valence-corrected chi connectivity index (χ1v) is 7.07. The number of para-hydroxylation sites is 1. The molecule has 0 aliphatic rings. The van der Waals surface area contributed by atoms with Crippen molar-refractivity contribution < 1.29 is 9.53 Å². The summed E-state index contributed by atoms with van der Waals surface area (Å²) in [6.45, 7) is 0. The molecule has 0 saturated heterocycles. The molecule has 1 atom stereocenters. The predicted octanol–water partition coefficient (Wildman–Crippen LogP) is 3.47. The molecule has 1 unspecified atom stereocenters. The molecule has 4 heteroatoms. The lowest BCUT2D eigenvalue weighted by Gasteiger charge is -2.29. The first kappa shape index (κ1) is 15.6. The molecule has 22 heavy (non-hydrogen) atoms. The molecule has 4 nitrogen and oxygen atoms in total. The monoisotopic (exact) mass is 294 g/mol. The van der Waals surface area contributed by atoms with Gasteiger partial charge in [0.05, 0.1) is 13.2 Å². The summed E-state index contributed by atoms with van der Waals surface area (Å²) in [5.74, 6) is -0.328. The Morgan fingerprint density at radius 2 is 1.73 bits per heavy atom. The fraction of sp³-hybridized carbons (Fsp3) is 0.222. The number of esters is 1. The quantitative estimate of drug-likeness (QED) is 0.829. The van der Waals surface area contributed by atoms with Crippen molar-refractivity contribution in [2.75, 3.05) is 12.4 Å². The Bertz CT molecular complexity index is 650. The molecule has 0 amide bonds. The van der Waals surface area contributed by atoms with Gasteiger partial charge in [-0.1, -0.05) is 48.5 Å². The minimum atomic E-state index is -0.975. The molecule has 0 aliphatic heterocycles. The molecule has 0 aromatic heterocycles. The molecule has 0 spiro atoms. The van der Waals surface area contributed by atoms with Gasteiger partial charge < -0.3 is 10.1 Å². The van der Waals surface area contributed by atoms with Gasteiger partial charge in [0.25, 0.3) is 0 Å². The Balaban J connectivity index is 2.34. The molecule has 0 bridgehead atoms. The maximum atomic E-state index is 11.5. The van der Waals surface area contributed by atoms with Crippen LogP contribution in [-0.2, 0) is 15.1 Å². The lowest BCUT2D eigenvalue weighted by molar-refractivity contribution is -0.140. The Morgan fingerprint density at radius 3 is 2.27 bits per heavy atom. The lowest BCUT2D eigenvalue weighted by atomic mass is 9.86. The normalized spacial score (nSPS) is 12.7. The largest absolute Gasteiger partial charge is 0.469 e. The third kappa shape index (κ3) is 3.64. The second-order valence-corrected chi connectivity index (χ2v) is 4.95. The van der Waals surface area contributed by atoms with Crippen molar-refractivity contribution >= 4 is 11.7 Å². The van der Waals surface area contributed by atoms with E-state index in [0.717, 1.165) is 11.3 Å². The smallest absolute Gasteiger partial charge is 0.305 e. The van der Waals surface area contributed by atoms with E-state index >= 15 is 0 Å². The highest BCUT2D eigenvalue weighted by atomic mass is 16.5. The number of rotatable bonds is 6. The number of hydrogen-bond donors (Lipinski definition) is 1. The standard InChI is InChI=1S/C18H18N2O2/c1-22-17(21)12-13-18(14-19,15-8-4-2-5-9-15)20-16-10-6-3-7-11-16/h2-11,20H,12-13H2,1H3. The number of carbonyl (C=O) groups excluding carboxylic acids is 1. The van der Waals surface area contributed by atoms with Crippen molar-refractivity contribution in [2.45, 2.75) is 18.4 Å². The van der Waals surface area contributed by atoms with Crippen molar-refractivity contribution in [3.8, 4) is 6.07 Å². The van der Waals surface area contributed by atoms with Gasteiger partial charge in [0.15, 0.2) is 5.54 Å². The van der Waals surface area contributed by atoms with Gasteiger partial charge in [0.2, 0.25) is 0 Å². The van der Waals surface area contributed by atoms with Crippen molar-refractivity contribution in [1.29, 1.82) is 5.26 Å². The van der Waals surface area contributed by atoms with E-state index in [1.807, 2.05) is 60.7 Å². The molecule has 2 aromatic rings. The van der Waals surface area contributed by atoms with E-state index < -0.39 is 5.54 Å². The number of nitriles is 1. The summed E-state index contributed by atoms with van der Waals surface area (Å²) in [6.07, 6.45) is 0.494. The highest BCUT2D eigenvalue weighted by molar-refractivity contribution is 5.69. The van der Waals surface area contributed by atoms with Crippen LogP contribution in [-0.4, -0.2) is 13.1 Å². The topological polar surface area (TPSA) is 62.1 Å². The van der Waals surface area contributed by atoms with Crippen LogP contribution in [0.15, 0.2) is 60.7 Å². The second kappa shape index (κ2) is 7.28. The third-order valence-electron chi connectivity index (χ3n) is 3.52. The van der Waals surface area contributed by atoms with Gasteiger partial charge in [0, 0.05) is 12.1 Å². The maximum absolute atomic E-state index is 11.5. The van der Waals surface area contributed by atoms with Crippen molar-refractivity contribution in [2.24, 2.45) is 0 Å². The molecule has 0 saturated carbocycles. The second-order valence-electron chi connectivity index (χ2n) is 4.95. The van der Waals surface area contributed by atoms with E-state index in [9.17, 15) is 10.1 Å². The number of methoxy groups -OCH3 is 1. The number of benzene rings is 2. The fourth-order valence-corrected chi connectivity index (χ4v) is 2.31. The molecule has 0 fully saturated rings. The van der Waals surface area contributed by atoms with Crippen LogP contribution in [0.5, 0.6) is 0 Å². The van der Waals surface area contributed by atoms with Crippen molar-refractivity contribution in [3.63, 3.8) is 0 Å². The van der Waals surface area contributed by atoms with Crippen LogP contribution in [0.2, 0.25) is 0 Å². The summed E-state index contributed by atoms with van der Waals surface area (Å²) in [6, 6.07) is 21.3. The molecular weight excluding hydrogens is 276 g/mol. The van der Waals surface area contributed by atoms with E-state index in [1.54, 1.807) is 0 Å². The minimum absolute atomic E-state index is 0.165. The summed E-state index contributed by atoms with van der Waals surface area (Å²) in [5.41, 5.74) is 0.680. The van der Waals surface area contributed by atoms with Crippen LogP contribution >= 0.6 is 0 Å². The summed E-state index contributed by atoms with van der Waals surface area (Å²) in [7, 11) is 1.35. The van der Waals surface area contributed by atoms with Crippen molar-refractivity contribution in [3.05, 3.63) is 66.2 Å². The summed E-state index contributed by atoms with van der Waals surface area (Å²) in [5, 5.41) is 13.1. The van der Waals surface area contributed by atoms with Crippen LogP contribution in [0.4, 0.5) is 5.69 Å². The van der Waals surface area contributed by atoms with Gasteiger partial charge in [-0.25, -0.2) is 0 Å². The Morgan fingerprint density at radius 1 is 1.14 bits per heavy atom. The fourth-order valence-electron chi connectivity index (χ4n) is 2.31. The number of anilines is 1. The van der Waals surface area contributed by atoms with Gasteiger partial charge in [-0.2, -0.15) is 5.26 Å². The zero-order valence-corrected chi connectivity index (χ0v) is 12.5. The van der Waals surface area contributed by atoms with Crippen LogP contribution in [0.1, 0.15) is 18.4 Å². The first-order valence-electron chi connectivity index (χ1n) is 7.07. The number of nitrogens with one attached hydrogen (secondary N) is 1. The maximum Gasteiger partial charge on any atom is 0.305 e. The van der Waals surface area contributed by atoms with E-state index in [4.69, 9.17) is 4.74 Å². The third-order valence-corrected chi connectivity index (χ3v) is 3.52. The molecule has 0 radical (unpaired) electrons. The molecule has 1 N–H and O–H groups in total. The van der Waals surface area contributed by atoms with E-state index in [2.05, 4.69) is 11.4 Å². The molecule has 112 valence electrons. The summed E-state index contributed by atoms with van der Waals surface area (Å²) in [4.78, 5) is 11.5. The molecule has 0 aliphatic carbocycles. The highest BCUT2D eigenvalue weighted by Gasteiger charge is 2.32.